The molecule has 0 aliphatic carbocycles. The molecule has 0 radical (unpaired) electrons. The molecule has 0 aromatic carbocycles. The van der Waals surface area contributed by atoms with E-state index in [2.05, 4.69) is 9.97 Å². The van der Waals surface area contributed by atoms with Gasteiger partial charge in [-0.05, 0) is 19.8 Å². The van der Waals surface area contributed by atoms with Crippen molar-refractivity contribution in [1.29, 1.82) is 0 Å². The van der Waals surface area contributed by atoms with Crippen LogP contribution >= 0.6 is 11.8 Å². The highest BCUT2D eigenvalue weighted by molar-refractivity contribution is 8.00. The van der Waals surface area contributed by atoms with Crippen molar-refractivity contribution >= 4 is 23.6 Å². The van der Waals surface area contributed by atoms with Gasteiger partial charge in [0.05, 0.1) is 11.4 Å². The lowest BCUT2D eigenvalue weighted by Gasteiger charge is -2.15. The van der Waals surface area contributed by atoms with Crippen molar-refractivity contribution in [2.24, 2.45) is 0 Å². The lowest BCUT2D eigenvalue weighted by Crippen LogP contribution is -2.29. The van der Waals surface area contributed by atoms with Crippen LogP contribution in [0.2, 0.25) is 0 Å². The monoisotopic (exact) mass is 309 g/mol. The molecule has 0 spiro atoms. The van der Waals surface area contributed by atoms with Crippen LogP contribution in [0.25, 0.3) is 0 Å². The Morgan fingerprint density at radius 3 is 2.52 bits per heavy atom. The van der Waals surface area contributed by atoms with E-state index in [4.69, 9.17) is 0 Å². The molecular weight excluding hydrogens is 290 g/mol. The molecule has 2 rings (SSSR count). The summed E-state index contributed by atoms with van der Waals surface area (Å²) in [6, 6.07) is 0. The highest BCUT2D eigenvalue weighted by Crippen LogP contribution is 2.24. The van der Waals surface area contributed by atoms with Crippen molar-refractivity contribution in [2.45, 2.75) is 38.1 Å². The maximum absolute atomic E-state index is 12.1. The van der Waals surface area contributed by atoms with E-state index in [0.29, 0.717) is 23.0 Å². The van der Waals surface area contributed by atoms with Crippen LogP contribution in [0.4, 0.5) is 0 Å². The number of hydrogen-bond acceptors (Lipinski definition) is 5. The Kier molecular flexibility index (Phi) is 5.17. The van der Waals surface area contributed by atoms with Gasteiger partial charge < -0.3 is 10.0 Å². The highest BCUT2D eigenvalue weighted by Gasteiger charge is 2.22. The minimum atomic E-state index is -1.05. The summed E-state index contributed by atoms with van der Waals surface area (Å²) in [5, 5.41) is 9.69. The lowest BCUT2D eigenvalue weighted by molar-refractivity contribution is -0.127. The largest absolute Gasteiger partial charge is 0.478 e. The third kappa shape index (κ3) is 3.72. The van der Waals surface area contributed by atoms with Gasteiger partial charge in [-0.2, -0.15) is 0 Å². The van der Waals surface area contributed by atoms with Gasteiger partial charge in [0.15, 0.2) is 0 Å². The summed E-state index contributed by atoms with van der Waals surface area (Å²) in [5.74, 6) is -0.178. The number of carboxylic acid groups (broad SMARTS) is 1. The second kappa shape index (κ2) is 6.89. The number of carboxylic acids is 1. The van der Waals surface area contributed by atoms with Crippen molar-refractivity contribution < 1.29 is 14.7 Å². The number of hydrogen-bond donors (Lipinski definition) is 1. The minimum Gasteiger partial charge on any atom is -0.478 e. The number of aryl methyl sites for hydroxylation is 2. The summed E-state index contributed by atoms with van der Waals surface area (Å²) in [7, 11) is 0. The zero-order valence-electron chi connectivity index (χ0n) is 12.3. The Labute approximate surface area is 128 Å². The van der Waals surface area contributed by atoms with E-state index in [-0.39, 0.29) is 17.2 Å². The predicted molar refractivity (Wildman–Crippen MR) is 79.6 cm³/mol. The van der Waals surface area contributed by atoms with E-state index in [1.54, 1.807) is 6.92 Å². The number of rotatable bonds is 5. The van der Waals surface area contributed by atoms with Crippen LogP contribution in [0.3, 0.4) is 0 Å². The summed E-state index contributed by atoms with van der Waals surface area (Å²) >= 11 is 1.19. The summed E-state index contributed by atoms with van der Waals surface area (Å²) in [4.78, 5) is 33.7. The van der Waals surface area contributed by atoms with Crippen LogP contribution in [0.15, 0.2) is 5.03 Å². The van der Waals surface area contributed by atoms with Crippen molar-refractivity contribution in [2.75, 3.05) is 18.8 Å². The Balaban J connectivity index is 2.15. The molecule has 1 aromatic rings. The van der Waals surface area contributed by atoms with Crippen LogP contribution < -0.4 is 0 Å². The molecule has 21 heavy (non-hydrogen) atoms. The molecule has 0 saturated carbocycles. The van der Waals surface area contributed by atoms with Gasteiger partial charge in [-0.3, -0.25) is 4.79 Å². The summed E-state index contributed by atoms with van der Waals surface area (Å²) < 4.78 is 0. The fraction of sp³-hybridized carbons (Fsp3) is 0.571. The maximum Gasteiger partial charge on any atom is 0.340 e. The first-order chi connectivity index (χ1) is 10.0. The Bertz CT molecular complexity index is 557. The third-order valence-corrected chi connectivity index (χ3v) is 4.38. The first kappa shape index (κ1) is 15.8. The fourth-order valence-electron chi connectivity index (χ4n) is 2.30. The molecule has 0 bridgehead atoms. The molecule has 2 heterocycles. The second-order valence-electron chi connectivity index (χ2n) is 4.94. The first-order valence-electron chi connectivity index (χ1n) is 7.04. The molecule has 1 aliphatic heterocycles. The minimum absolute atomic E-state index is 0.0446. The lowest BCUT2D eigenvalue weighted by atomic mass is 10.2. The van der Waals surface area contributed by atoms with Gasteiger partial charge in [0.25, 0.3) is 0 Å². The normalized spacial score (nSPS) is 14.5. The van der Waals surface area contributed by atoms with Crippen molar-refractivity contribution in [3.63, 3.8) is 0 Å². The number of carbonyl (C=O) groups excluding carboxylic acids is 1. The van der Waals surface area contributed by atoms with Crippen LogP contribution in [-0.2, 0) is 11.2 Å². The number of thioether (sulfide) groups is 1. The summed E-state index contributed by atoms with van der Waals surface area (Å²) in [6.07, 6.45) is 2.72. The molecule has 114 valence electrons. The maximum atomic E-state index is 12.1. The summed E-state index contributed by atoms with van der Waals surface area (Å²) in [5.41, 5.74) is 0.553. The highest BCUT2D eigenvalue weighted by atomic mass is 32.2. The van der Waals surface area contributed by atoms with Gasteiger partial charge >= 0.3 is 5.97 Å². The Hall–Kier alpha value is -1.63. The molecule has 1 saturated heterocycles. The Morgan fingerprint density at radius 1 is 1.29 bits per heavy atom. The topological polar surface area (TPSA) is 83.4 Å². The molecule has 1 amide bonds. The van der Waals surface area contributed by atoms with Gasteiger partial charge in [-0.15, -0.1) is 0 Å². The van der Waals surface area contributed by atoms with Crippen LogP contribution in [0.5, 0.6) is 0 Å². The van der Waals surface area contributed by atoms with E-state index in [0.717, 1.165) is 25.9 Å². The standard InChI is InChI=1S/C14H19N3O3S/c1-3-10-15-9(2)12(14(19)20)13(16-10)21-8-11(18)17-6-4-5-7-17/h3-8H2,1-2H3,(H,19,20). The second-order valence-corrected chi connectivity index (χ2v) is 5.90. The Morgan fingerprint density at radius 2 is 1.95 bits per heavy atom. The number of amides is 1. The molecule has 1 fully saturated rings. The van der Waals surface area contributed by atoms with Crippen molar-refractivity contribution in [1.82, 2.24) is 14.9 Å². The summed E-state index contributed by atoms with van der Waals surface area (Å²) in [6.45, 7) is 5.18. The van der Waals surface area contributed by atoms with Crippen molar-refractivity contribution in [3.05, 3.63) is 17.1 Å². The van der Waals surface area contributed by atoms with Crippen LogP contribution in [0.1, 0.15) is 41.6 Å². The average molecular weight is 309 g/mol. The molecule has 1 aromatic heterocycles. The van der Waals surface area contributed by atoms with Crippen LogP contribution in [-0.4, -0.2) is 50.7 Å². The van der Waals surface area contributed by atoms with Gasteiger partial charge in [0.1, 0.15) is 16.4 Å². The van der Waals surface area contributed by atoms with Crippen LogP contribution in [0, 0.1) is 6.92 Å². The van der Waals surface area contributed by atoms with Gasteiger partial charge in [-0.25, -0.2) is 14.8 Å². The molecular formula is C14H19N3O3S. The number of carbonyl (C=O) groups is 2. The van der Waals surface area contributed by atoms with Gasteiger partial charge in [0, 0.05) is 19.5 Å². The molecule has 7 heteroatoms. The number of nitrogens with zero attached hydrogens (tertiary/aromatic N) is 3. The van der Waals surface area contributed by atoms with E-state index >= 15 is 0 Å². The number of likely N-dealkylation sites (tertiary alicyclic amines) is 1. The van der Waals surface area contributed by atoms with E-state index in [1.807, 2.05) is 11.8 Å². The molecule has 0 atom stereocenters. The van der Waals surface area contributed by atoms with Crippen molar-refractivity contribution in [3.8, 4) is 0 Å². The van der Waals surface area contributed by atoms with Gasteiger partial charge in [-0.1, -0.05) is 18.7 Å². The molecule has 6 nitrogen and oxygen atoms in total. The van der Waals surface area contributed by atoms with E-state index < -0.39 is 5.97 Å². The van der Waals surface area contributed by atoms with Gasteiger partial charge in [0.2, 0.25) is 5.91 Å². The number of aromatic carboxylic acids is 1. The predicted octanol–water partition coefficient (Wildman–Crippen LogP) is 1.76. The fourth-order valence-corrected chi connectivity index (χ4v) is 3.29. The molecule has 1 aliphatic rings. The smallest absolute Gasteiger partial charge is 0.340 e. The average Bonchev–Trinajstić information content (AvgIpc) is 2.97. The SMILES string of the molecule is CCc1nc(C)c(C(=O)O)c(SCC(=O)N2CCCC2)n1. The third-order valence-electron chi connectivity index (χ3n) is 3.42. The van der Waals surface area contributed by atoms with E-state index in [1.165, 1.54) is 11.8 Å². The zero-order chi connectivity index (χ0) is 15.4. The number of aromatic nitrogens is 2. The quantitative estimate of drug-likeness (QED) is 0.659. The molecule has 1 N–H and O–H groups in total. The van der Waals surface area contributed by atoms with E-state index in [9.17, 15) is 14.7 Å². The molecule has 0 unspecified atom stereocenters. The zero-order valence-corrected chi connectivity index (χ0v) is 13.1. The first-order valence-corrected chi connectivity index (χ1v) is 8.02.